The number of nitrogens with zero attached hydrogens (tertiary/aromatic N) is 1. The monoisotopic (exact) mass is 363 g/mol. The molecule has 0 spiro atoms. The van der Waals surface area contributed by atoms with Crippen molar-refractivity contribution < 1.29 is 19.4 Å². The van der Waals surface area contributed by atoms with Crippen LogP contribution in [0.15, 0.2) is 18.2 Å². The van der Waals surface area contributed by atoms with Gasteiger partial charge in [0.2, 0.25) is 0 Å². The molecule has 0 radical (unpaired) electrons. The minimum Gasteiger partial charge on any atom is -0.490 e. The van der Waals surface area contributed by atoms with E-state index in [4.69, 9.17) is 9.47 Å². The molecule has 1 fully saturated rings. The molecule has 5 nitrogen and oxygen atoms in total. The molecule has 2 rings (SSSR count). The van der Waals surface area contributed by atoms with Crippen molar-refractivity contribution in [3.8, 4) is 11.5 Å². The highest BCUT2D eigenvalue weighted by Gasteiger charge is 2.34. The highest BCUT2D eigenvalue weighted by atomic mass is 16.5. The summed E-state index contributed by atoms with van der Waals surface area (Å²) >= 11 is 0. The third-order valence-electron chi connectivity index (χ3n) is 5.01. The number of benzene rings is 1. The molecule has 146 valence electrons. The Labute approximate surface area is 157 Å². The molecule has 2 unspecified atom stereocenters. The minimum atomic E-state index is -0.706. The quantitative estimate of drug-likeness (QED) is 0.655. The lowest BCUT2D eigenvalue weighted by atomic mass is 9.93. The van der Waals surface area contributed by atoms with Crippen LogP contribution < -0.4 is 9.47 Å². The maximum Gasteiger partial charge on any atom is 0.320 e. The zero-order valence-electron chi connectivity index (χ0n) is 16.4. The second kappa shape index (κ2) is 10.4. The summed E-state index contributed by atoms with van der Waals surface area (Å²) in [5.74, 6) is 0.792. The summed E-state index contributed by atoms with van der Waals surface area (Å²) in [7, 11) is 0. The predicted molar refractivity (Wildman–Crippen MR) is 103 cm³/mol. The van der Waals surface area contributed by atoms with E-state index in [1.807, 2.05) is 26.0 Å². The molecule has 0 aliphatic carbocycles. The Balaban J connectivity index is 2.35. The summed E-state index contributed by atoms with van der Waals surface area (Å²) in [5, 5.41) is 9.70. The predicted octanol–water partition coefficient (Wildman–Crippen LogP) is 4.65. The van der Waals surface area contributed by atoms with E-state index in [0.717, 1.165) is 62.1 Å². The molecule has 1 aromatic rings. The minimum absolute atomic E-state index is 0.103. The maximum absolute atomic E-state index is 11.8. The standard InChI is InChI=1S/C21H33NO4/c1-4-7-10-17(22-14-9-8-11-18(22)21(23)24)16-12-13-19(25-5-2)20(15-16)26-6-3/h12-13,15,17-18H,4-11,14H2,1-3H3,(H,23,24). The van der Waals surface area contributed by atoms with E-state index in [1.54, 1.807) is 0 Å². The molecule has 0 amide bonds. The summed E-state index contributed by atoms with van der Waals surface area (Å²) in [6, 6.07) is 5.78. The van der Waals surface area contributed by atoms with Crippen LogP contribution in [-0.4, -0.2) is 41.8 Å². The number of rotatable bonds is 10. The van der Waals surface area contributed by atoms with E-state index < -0.39 is 12.0 Å². The summed E-state index contributed by atoms with van der Waals surface area (Å²) in [4.78, 5) is 14.0. The van der Waals surface area contributed by atoms with Crippen LogP contribution in [0.2, 0.25) is 0 Å². The van der Waals surface area contributed by atoms with Crippen molar-refractivity contribution >= 4 is 5.97 Å². The van der Waals surface area contributed by atoms with Crippen LogP contribution in [0.1, 0.15) is 70.9 Å². The van der Waals surface area contributed by atoms with Crippen molar-refractivity contribution in [1.29, 1.82) is 0 Å². The van der Waals surface area contributed by atoms with E-state index in [0.29, 0.717) is 13.2 Å². The Morgan fingerprint density at radius 1 is 1.19 bits per heavy atom. The highest BCUT2D eigenvalue weighted by Crippen LogP contribution is 2.37. The fraction of sp³-hybridized carbons (Fsp3) is 0.667. The van der Waals surface area contributed by atoms with E-state index in [2.05, 4.69) is 17.9 Å². The molecule has 5 heteroatoms. The SMILES string of the molecule is CCCCC(c1ccc(OCC)c(OCC)c1)N1CCCCC1C(=O)O. The van der Waals surface area contributed by atoms with E-state index in [9.17, 15) is 9.90 Å². The number of carbonyl (C=O) groups is 1. The fourth-order valence-corrected chi connectivity index (χ4v) is 3.79. The molecule has 26 heavy (non-hydrogen) atoms. The fourth-order valence-electron chi connectivity index (χ4n) is 3.79. The number of hydrogen-bond donors (Lipinski definition) is 1. The van der Waals surface area contributed by atoms with Crippen LogP contribution in [0.25, 0.3) is 0 Å². The van der Waals surface area contributed by atoms with Crippen molar-refractivity contribution in [3.63, 3.8) is 0 Å². The van der Waals surface area contributed by atoms with Gasteiger partial charge in [0, 0.05) is 6.04 Å². The Kier molecular flexibility index (Phi) is 8.23. The van der Waals surface area contributed by atoms with Gasteiger partial charge in [-0.25, -0.2) is 0 Å². The molecule has 0 bridgehead atoms. The van der Waals surface area contributed by atoms with Crippen molar-refractivity contribution in [3.05, 3.63) is 23.8 Å². The zero-order valence-corrected chi connectivity index (χ0v) is 16.4. The second-order valence-corrected chi connectivity index (χ2v) is 6.82. The van der Waals surface area contributed by atoms with Gasteiger partial charge in [-0.05, 0) is 57.4 Å². The number of likely N-dealkylation sites (tertiary alicyclic amines) is 1. The summed E-state index contributed by atoms with van der Waals surface area (Å²) < 4.78 is 11.5. The van der Waals surface area contributed by atoms with Gasteiger partial charge in [-0.2, -0.15) is 0 Å². The lowest BCUT2D eigenvalue weighted by Gasteiger charge is -2.39. The van der Waals surface area contributed by atoms with Crippen molar-refractivity contribution in [2.24, 2.45) is 0 Å². The molecule has 0 aromatic heterocycles. The normalized spacial score (nSPS) is 19.1. The molecule has 1 saturated heterocycles. The number of ether oxygens (including phenoxy) is 2. The van der Waals surface area contributed by atoms with Crippen LogP contribution in [0.5, 0.6) is 11.5 Å². The molecular weight excluding hydrogens is 330 g/mol. The number of piperidine rings is 1. The van der Waals surface area contributed by atoms with Gasteiger partial charge in [0.15, 0.2) is 11.5 Å². The zero-order chi connectivity index (χ0) is 18.9. The topological polar surface area (TPSA) is 59.0 Å². The average molecular weight is 363 g/mol. The highest BCUT2D eigenvalue weighted by molar-refractivity contribution is 5.73. The molecule has 1 aliphatic heterocycles. The van der Waals surface area contributed by atoms with Gasteiger partial charge in [-0.3, -0.25) is 9.69 Å². The number of hydrogen-bond acceptors (Lipinski definition) is 4. The van der Waals surface area contributed by atoms with E-state index in [1.165, 1.54) is 0 Å². The van der Waals surface area contributed by atoms with Crippen LogP contribution in [0.3, 0.4) is 0 Å². The molecule has 1 aromatic carbocycles. The van der Waals surface area contributed by atoms with Crippen LogP contribution in [0, 0.1) is 0 Å². The van der Waals surface area contributed by atoms with Gasteiger partial charge in [-0.1, -0.05) is 32.3 Å². The van der Waals surface area contributed by atoms with Gasteiger partial charge in [0.05, 0.1) is 13.2 Å². The van der Waals surface area contributed by atoms with Gasteiger partial charge in [0.25, 0.3) is 0 Å². The summed E-state index contributed by atoms with van der Waals surface area (Å²) in [6.07, 6.45) is 5.90. The maximum atomic E-state index is 11.8. The Morgan fingerprint density at radius 2 is 1.92 bits per heavy atom. The number of aliphatic carboxylic acids is 1. The van der Waals surface area contributed by atoms with E-state index >= 15 is 0 Å². The third kappa shape index (κ3) is 5.13. The van der Waals surface area contributed by atoms with Crippen LogP contribution in [0.4, 0.5) is 0 Å². The number of unbranched alkanes of at least 4 members (excludes halogenated alkanes) is 1. The van der Waals surface area contributed by atoms with Crippen molar-refractivity contribution in [1.82, 2.24) is 4.90 Å². The third-order valence-corrected chi connectivity index (χ3v) is 5.01. The van der Waals surface area contributed by atoms with Gasteiger partial charge in [-0.15, -0.1) is 0 Å². The lowest BCUT2D eigenvalue weighted by Crippen LogP contribution is -2.46. The average Bonchev–Trinajstić information content (AvgIpc) is 2.64. The van der Waals surface area contributed by atoms with E-state index in [-0.39, 0.29) is 6.04 Å². The molecule has 0 saturated carbocycles. The first-order valence-corrected chi connectivity index (χ1v) is 10.00. The Hall–Kier alpha value is -1.75. The molecular formula is C21H33NO4. The molecule has 1 aliphatic rings. The first-order valence-electron chi connectivity index (χ1n) is 10.00. The molecule has 1 heterocycles. The summed E-state index contributed by atoms with van der Waals surface area (Å²) in [6.45, 7) is 8.09. The first-order chi connectivity index (χ1) is 12.6. The molecule has 2 atom stereocenters. The number of carboxylic acid groups (broad SMARTS) is 1. The van der Waals surface area contributed by atoms with Gasteiger partial charge < -0.3 is 14.6 Å². The Bertz CT molecular complexity index is 575. The molecule has 1 N–H and O–H groups in total. The van der Waals surface area contributed by atoms with Gasteiger partial charge in [0.1, 0.15) is 6.04 Å². The van der Waals surface area contributed by atoms with Crippen molar-refractivity contribution in [2.45, 2.75) is 71.4 Å². The van der Waals surface area contributed by atoms with Gasteiger partial charge >= 0.3 is 5.97 Å². The smallest absolute Gasteiger partial charge is 0.320 e. The number of carboxylic acids is 1. The second-order valence-electron chi connectivity index (χ2n) is 6.82. The summed E-state index contributed by atoms with van der Waals surface area (Å²) in [5.41, 5.74) is 1.12. The van der Waals surface area contributed by atoms with Crippen LogP contribution >= 0.6 is 0 Å². The largest absolute Gasteiger partial charge is 0.490 e. The lowest BCUT2D eigenvalue weighted by molar-refractivity contribution is -0.146. The van der Waals surface area contributed by atoms with Crippen molar-refractivity contribution in [2.75, 3.05) is 19.8 Å². The van der Waals surface area contributed by atoms with Crippen LogP contribution in [-0.2, 0) is 4.79 Å². The first kappa shape index (κ1) is 20.6. The Morgan fingerprint density at radius 3 is 2.58 bits per heavy atom.